The second-order valence-electron chi connectivity index (χ2n) is 6.33. The van der Waals surface area contributed by atoms with Crippen molar-refractivity contribution in [1.29, 1.82) is 0 Å². The quantitative estimate of drug-likeness (QED) is 0.220. The van der Waals surface area contributed by atoms with Gasteiger partial charge in [0.2, 0.25) is 0 Å². The second-order valence-corrected chi connectivity index (χ2v) is 10.5. The van der Waals surface area contributed by atoms with Crippen LogP contribution < -0.4 is 0 Å². The number of carboxylic acids is 2. The first-order valence-corrected chi connectivity index (χ1v) is 12.4. The fourth-order valence-electron chi connectivity index (χ4n) is 2.03. The van der Waals surface area contributed by atoms with Gasteiger partial charge in [0.1, 0.15) is 0 Å². The summed E-state index contributed by atoms with van der Waals surface area (Å²) in [6.45, 7) is 5.45. The molecule has 0 aromatic carbocycles. The van der Waals surface area contributed by atoms with Crippen molar-refractivity contribution >= 4 is 71.0 Å². The smallest absolute Gasteiger partial charge is 0.325 e. The first-order chi connectivity index (χ1) is 12.0. The molecular formula is C16H31KO8S. The van der Waals surface area contributed by atoms with Gasteiger partial charge in [0.05, 0.1) is 6.42 Å². The normalized spacial score (nSPS) is 13.4. The zero-order valence-electron chi connectivity index (χ0n) is 16.0. The van der Waals surface area contributed by atoms with Gasteiger partial charge in [0.15, 0.2) is 5.25 Å². The third kappa shape index (κ3) is 20.8. The van der Waals surface area contributed by atoms with Crippen LogP contribution in [0.5, 0.6) is 0 Å². The number of ether oxygens (including phenoxy) is 1. The number of hydrogen-bond donors (Lipinski definition) is 3. The number of aliphatic carboxylic acids is 2. The third-order valence-corrected chi connectivity index (χ3v) is 5.05. The van der Waals surface area contributed by atoms with Gasteiger partial charge in [-0.25, -0.2) is 0 Å². The Morgan fingerprint density at radius 2 is 1.46 bits per heavy atom. The van der Waals surface area contributed by atoms with Crippen LogP contribution in [0.2, 0.25) is 0 Å². The fraction of sp³-hybridized carbons (Fsp3) is 0.875. The van der Waals surface area contributed by atoms with Crippen molar-refractivity contribution < 1.29 is 37.5 Å². The number of rotatable bonds is 14. The molecule has 0 aliphatic rings. The van der Waals surface area contributed by atoms with Crippen molar-refractivity contribution in [1.82, 2.24) is 0 Å². The summed E-state index contributed by atoms with van der Waals surface area (Å²) < 4.78 is 34.8. The van der Waals surface area contributed by atoms with E-state index in [-0.39, 0.29) is 0 Å². The van der Waals surface area contributed by atoms with Crippen LogP contribution in [0, 0.1) is 0 Å². The Bertz CT molecular complexity index is 479. The Kier molecular flexibility index (Phi) is 19.3. The third-order valence-electron chi connectivity index (χ3n) is 3.44. The molecule has 0 spiro atoms. The average Bonchev–Trinajstić information content (AvgIpc) is 2.50. The van der Waals surface area contributed by atoms with Crippen molar-refractivity contribution in [2.24, 2.45) is 0 Å². The number of carboxylic acid groups (broad SMARTS) is 2. The van der Waals surface area contributed by atoms with Gasteiger partial charge in [-0.15, -0.1) is 0 Å². The van der Waals surface area contributed by atoms with E-state index >= 15 is 0 Å². The van der Waals surface area contributed by atoms with Gasteiger partial charge in [-0.2, -0.15) is 8.42 Å². The molecule has 8 nitrogen and oxygen atoms in total. The second kappa shape index (κ2) is 17.5. The molecule has 0 aromatic rings. The van der Waals surface area contributed by atoms with Crippen LogP contribution in [0.15, 0.2) is 0 Å². The maximum atomic E-state index is 10.2. The van der Waals surface area contributed by atoms with Crippen LogP contribution in [0.3, 0.4) is 0 Å². The molecule has 0 saturated carbocycles. The van der Waals surface area contributed by atoms with Crippen molar-refractivity contribution in [2.45, 2.75) is 77.1 Å². The topological polar surface area (TPSA) is 138 Å². The Morgan fingerprint density at radius 1 is 1.00 bits per heavy atom. The van der Waals surface area contributed by atoms with Crippen molar-refractivity contribution in [3.05, 3.63) is 0 Å². The number of hydrogen-bond acceptors (Lipinski definition) is 5. The van der Waals surface area contributed by atoms with E-state index in [0.29, 0.717) is 0.199 Å². The average molecular weight is 423 g/mol. The summed E-state index contributed by atoms with van der Waals surface area (Å²) in [6.07, 6.45) is 9.97. The molecule has 0 bridgehead atoms. The molecule has 0 saturated heterocycles. The molecule has 26 heavy (non-hydrogen) atoms. The summed E-state index contributed by atoms with van der Waals surface area (Å²) in [7, 11) is -4.84. The summed E-state index contributed by atoms with van der Waals surface area (Å²) in [5, 5.41) is 13.9. The van der Waals surface area contributed by atoms with Crippen LogP contribution in [0.1, 0.15) is 71.6 Å². The van der Waals surface area contributed by atoms with E-state index in [1.165, 1.54) is 51.4 Å². The molecule has 0 rings (SSSR count). The van der Waals surface area contributed by atoms with E-state index in [4.69, 9.17) is 19.5 Å². The molecular weight excluding hydrogens is 391 g/mol. The summed E-state index contributed by atoms with van der Waals surface area (Å²) in [5.41, 5.74) is 0. The Labute approximate surface area is 190 Å². The predicted octanol–water partition coefficient (Wildman–Crippen LogP) is 2.46. The van der Waals surface area contributed by atoms with Gasteiger partial charge < -0.3 is 10.2 Å². The minimum atomic E-state index is -4.84. The van der Waals surface area contributed by atoms with Gasteiger partial charge in [-0.05, 0) is 0 Å². The van der Waals surface area contributed by atoms with Crippen LogP contribution in [-0.2, 0) is 24.4 Å². The SMILES string of the molecule is CCCCCCCCCCO[CH](C)[K].O=C(O)CC(C(=O)O)S(=O)(=O)O. The standard InChI is InChI=1S/C12H25O.C4H6O7S.K/c1-3-5-6-7-8-9-10-11-12-13-4-2;5-3(6)1-2(4(7)8)12(9,10)11;/h4H,3,5-12H2,1-2H3;2H,1H2,(H,5,6)(H,7,8)(H,9,10,11);. The summed E-state index contributed by atoms with van der Waals surface area (Å²) in [4.78, 5) is 20.0. The Balaban J connectivity index is 0. The molecule has 0 fully saturated rings. The number of unbranched alkanes of at least 4 members (excludes halogenated alkanes) is 7. The van der Waals surface area contributed by atoms with Crippen LogP contribution in [0.4, 0.5) is 0 Å². The van der Waals surface area contributed by atoms with E-state index in [9.17, 15) is 18.0 Å². The molecule has 2 unspecified atom stereocenters. The zero-order chi connectivity index (χ0) is 20.6. The van der Waals surface area contributed by atoms with Crippen molar-refractivity contribution in [3.8, 4) is 0 Å². The largest absolute Gasteiger partial charge is 0.481 e. The van der Waals surface area contributed by atoms with Gasteiger partial charge in [-0.1, -0.05) is 0 Å². The van der Waals surface area contributed by atoms with Crippen LogP contribution >= 0.6 is 0 Å². The minimum Gasteiger partial charge on any atom is -0.481 e. The van der Waals surface area contributed by atoms with E-state index in [1.807, 2.05) is 0 Å². The maximum Gasteiger partial charge on any atom is 0.325 e. The Hall–Kier alpha value is 0.446. The van der Waals surface area contributed by atoms with Crippen LogP contribution in [-0.4, -0.2) is 96.1 Å². The first kappa shape index (κ1) is 28.7. The summed E-state index contributed by atoms with van der Waals surface area (Å²) in [5.74, 6) is -3.50. The van der Waals surface area contributed by atoms with E-state index in [2.05, 4.69) is 13.8 Å². The number of carbonyl (C=O) groups is 2. The van der Waals surface area contributed by atoms with Gasteiger partial charge in [-0.3, -0.25) is 14.1 Å². The van der Waals surface area contributed by atoms with E-state index < -0.39 is 33.7 Å². The zero-order valence-corrected chi connectivity index (χ0v) is 20.0. The van der Waals surface area contributed by atoms with Gasteiger partial charge >= 0.3 is 138 Å². The molecule has 0 aromatic heterocycles. The summed E-state index contributed by atoms with van der Waals surface area (Å²) in [6, 6.07) is 0. The maximum absolute atomic E-state index is 10.2. The molecule has 150 valence electrons. The fourth-order valence-corrected chi connectivity index (χ4v) is 3.01. The molecule has 0 aliphatic carbocycles. The predicted molar refractivity (Wildman–Crippen MR) is 99.0 cm³/mol. The summed E-state index contributed by atoms with van der Waals surface area (Å²) >= 11 is 0.840. The molecule has 0 aliphatic heterocycles. The van der Waals surface area contributed by atoms with Gasteiger partial charge in [0, 0.05) is 0 Å². The molecule has 2 atom stereocenters. The minimum absolute atomic E-state index is 0.590. The monoisotopic (exact) mass is 422 g/mol. The van der Waals surface area contributed by atoms with E-state index in [1.54, 1.807) is 0 Å². The molecule has 3 N–H and O–H groups in total. The molecule has 10 heteroatoms. The van der Waals surface area contributed by atoms with E-state index in [0.717, 1.165) is 55.6 Å². The van der Waals surface area contributed by atoms with Gasteiger partial charge in [0.25, 0.3) is 10.1 Å². The molecule has 0 radical (unpaired) electrons. The molecule has 0 amide bonds. The van der Waals surface area contributed by atoms with Crippen molar-refractivity contribution in [3.63, 3.8) is 0 Å². The molecule has 0 heterocycles. The van der Waals surface area contributed by atoms with Crippen LogP contribution in [0.25, 0.3) is 0 Å². The Morgan fingerprint density at radius 3 is 1.77 bits per heavy atom. The van der Waals surface area contributed by atoms with Crippen molar-refractivity contribution in [2.75, 3.05) is 6.61 Å². The first-order valence-electron chi connectivity index (χ1n) is 9.04.